The summed E-state index contributed by atoms with van der Waals surface area (Å²) in [6, 6.07) is 11.7. The van der Waals surface area contributed by atoms with Crippen molar-refractivity contribution in [3.05, 3.63) is 81.3 Å². The van der Waals surface area contributed by atoms with Gasteiger partial charge < -0.3 is 9.47 Å². The predicted molar refractivity (Wildman–Crippen MR) is 105 cm³/mol. The molecule has 0 spiro atoms. The first-order valence-corrected chi connectivity index (χ1v) is 8.80. The molecule has 0 N–H and O–H groups in total. The summed E-state index contributed by atoms with van der Waals surface area (Å²) < 4.78 is 11.4. The van der Waals surface area contributed by atoms with Gasteiger partial charge in [-0.25, -0.2) is 4.79 Å². The molecule has 0 radical (unpaired) electrons. The maximum absolute atomic E-state index is 11.5. The van der Waals surface area contributed by atoms with Gasteiger partial charge in [-0.05, 0) is 52.2 Å². The number of carbonyl (C=O) groups is 1. The monoisotopic (exact) mass is 420 g/mol. The Kier molecular flexibility index (Phi) is 7.29. The van der Waals surface area contributed by atoms with E-state index in [4.69, 9.17) is 21.1 Å². The molecule has 2 rings (SSSR count). The minimum Gasteiger partial charge on any atom is -0.486 e. The van der Waals surface area contributed by atoms with Crippen LogP contribution in [0, 0.1) is 6.92 Å². The Morgan fingerprint density at radius 3 is 2.64 bits per heavy atom. The molecule has 3 nitrogen and oxygen atoms in total. The molecule has 130 valence electrons. The smallest absolute Gasteiger partial charge is 0.331 e. The molecule has 2 aromatic carbocycles. The predicted octanol–water partition coefficient (Wildman–Crippen LogP) is 5.73. The van der Waals surface area contributed by atoms with Crippen molar-refractivity contribution in [3.8, 4) is 5.75 Å². The van der Waals surface area contributed by atoms with Crippen molar-refractivity contribution in [2.75, 3.05) is 6.61 Å². The van der Waals surface area contributed by atoms with Crippen molar-refractivity contribution in [2.45, 2.75) is 13.5 Å². The standard InChI is InChI=1S/C20H18BrClO3/c1-3-10-24-19(23)9-8-16-11-17(21)20(18(22)12-16)25-13-15-6-4-14(2)5-7-15/h3-9,11-12H,1,10,13H2,2H3/b9-8+. The molecule has 0 bridgehead atoms. The van der Waals surface area contributed by atoms with Gasteiger partial charge in [0.2, 0.25) is 0 Å². The molecular weight excluding hydrogens is 404 g/mol. The van der Waals surface area contributed by atoms with Gasteiger partial charge in [0.15, 0.2) is 5.75 Å². The molecule has 0 saturated carbocycles. The van der Waals surface area contributed by atoms with Crippen LogP contribution in [-0.4, -0.2) is 12.6 Å². The first-order chi connectivity index (χ1) is 12.0. The van der Waals surface area contributed by atoms with Crippen LogP contribution in [0.25, 0.3) is 6.08 Å². The summed E-state index contributed by atoms with van der Waals surface area (Å²) in [5, 5.41) is 0.459. The summed E-state index contributed by atoms with van der Waals surface area (Å²) in [5.41, 5.74) is 3.02. The third-order valence-electron chi connectivity index (χ3n) is 3.28. The summed E-state index contributed by atoms with van der Waals surface area (Å²) in [6.45, 7) is 6.13. The Balaban J connectivity index is 2.06. The molecule has 0 aliphatic rings. The molecule has 0 atom stereocenters. The highest BCUT2D eigenvalue weighted by Crippen LogP contribution is 2.35. The number of esters is 1. The van der Waals surface area contributed by atoms with E-state index in [1.54, 1.807) is 12.1 Å². The molecule has 0 fully saturated rings. The molecule has 0 saturated heterocycles. The largest absolute Gasteiger partial charge is 0.486 e. The molecular formula is C20H18BrClO3. The van der Waals surface area contributed by atoms with Crippen molar-refractivity contribution in [1.29, 1.82) is 0 Å². The van der Waals surface area contributed by atoms with E-state index < -0.39 is 5.97 Å². The lowest BCUT2D eigenvalue weighted by Crippen LogP contribution is -1.99. The Labute approximate surface area is 161 Å². The molecule has 0 amide bonds. The van der Waals surface area contributed by atoms with Gasteiger partial charge >= 0.3 is 5.97 Å². The summed E-state index contributed by atoms with van der Waals surface area (Å²) in [5.74, 6) is 0.125. The minimum atomic E-state index is -0.438. The van der Waals surface area contributed by atoms with E-state index in [1.807, 2.05) is 37.3 Å². The highest BCUT2D eigenvalue weighted by atomic mass is 79.9. The quantitative estimate of drug-likeness (QED) is 0.325. The van der Waals surface area contributed by atoms with Gasteiger partial charge in [0, 0.05) is 6.08 Å². The SMILES string of the molecule is C=CCOC(=O)/C=C/c1cc(Cl)c(OCc2ccc(C)cc2)c(Br)c1. The average Bonchev–Trinajstić information content (AvgIpc) is 2.59. The zero-order chi connectivity index (χ0) is 18.2. The van der Waals surface area contributed by atoms with E-state index in [1.165, 1.54) is 17.7 Å². The lowest BCUT2D eigenvalue weighted by molar-refractivity contribution is -0.136. The molecule has 0 aliphatic heterocycles. The van der Waals surface area contributed by atoms with Gasteiger partial charge in [-0.15, -0.1) is 0 Å². The van der Waals surface area contributed by atoms with Gasteiger partial charge in [-0.3, -0.25) is 0 Å². The summed E-state index contributed by atoms with van der Waals surface area (Å²) in [4.78, 5) is 11.5. The second-order valence-corrected chi connectivity index (χ2v) is 6.60. The maximum atomic E-state index is 11.5. The average molecular weight is 422 g/mol. The highest BCUT2D eigenvalue weighted by Gasteiger charge is 2.09. The van der Waals surface area contributed by atoms with Gasteiger partial charge in [0.05, 0.1) is 9.50 Å². The molecule has 0 heterocycles. The van der Waals surface area contributed by atoms with Crippen LogP contribution in [0.1, 0.15) is 16.7 Å². The Morgan fingerprint density at radius 1 is 1.28 bits per heavy atom. The van der Waals surface area contributed by atoms with Gasteiger partial charge in [0.1, 0.15) is 13.2 Å². The lowest BCUT2D eigenvalue weighted by atomic mass is 10.1. The summed E-state index contributed by atoms with van der Waals surface area (Å²) >= 11 is 9.77. The minimum absolute atomic E-state index is 0.180. The Bertz CT molecular complexity index is 759. The second kappa shape index (κ2) is 9.44. The molecule has 5 heteroatoms. The van der Waals surface area contributed by atoms with E-state index in [-0.39, 0.29) is 6.61 Å². The zero-order valence-corrected chi connectivity index (χ0v) is 16.1. The molecule has 0 aromatic heterocycles. The number of hydrogen-bond acceptors (Lipinski definition) is 3. The van der Waals surface area contributed by atoms with Crippen LogP contribution >= 0.6 is 27.5 Å². The van der Waals surface area contributed by atoms with Crippen LogP contribution in [0.2, 0.25) is 5.02 Å². The van der Waals surface area contributed by atoms with E-state index in [0.717, 1.165) is 11.1 Å². The van der Waals surface area contributed by atoms with E-state index in [9.17, 15) is 4.79 Å². The molecule has 0 aliphatic carbocycles. The number of hydrogen-bond donors (Lipinski definition) is 0. The first kappa shape index (κ1) is 19.3. The fourth-order valence-electron chi connectivity index (χ4n) is 2.01. The van der Waals surface area contributed by atoms with Crippen LogP contribution in [0.5, 0.6) is 5.75 Å². The third kappa shape index (κ3) is 6.07. The highest BCUT2D eigenvalue weighted by molar-refractivity contribution is 9.10. The number of halogens is 2. The van der Waals surface area contributed by atoms with Crippen LogP contribution in [0.3, 0.4) is 0 Å². The normalized spacial score (nSPS) is 10.7. The zero-order valence-electron chi connectivity index (χ0n) is 13.8. The van der Waals surface area contributed by atoms with Crippen molar-refractivity contribution in [3.63, 3.8) is 0 Å². The van der Waals surface area contributed by atoms with E-state index in [2.05, 4.69) is 22.5 Å². The fourth-order valence-corrected chi connectivity index (χ4v) is 3.00. The third-order valence-corrected chi connectivity index (χ3v) is 4.15. The number of carbonyl (C=O) groups excluding carboxylic acids is 1. The number of benzene rings is 2. The van der Waals surface area contributed by atoms with Gasteiger partial charge in [-0.2, -0.15) is 0 Å². The van der Waals surface area contributed by atoms with E-state index >= 15 is 0 Å². The fraction of sp³-hybridized carbons (Fsp3) is 0.150. The van der Waals surface area contributed by atoms with Crippen molar-refractivity contribution >= 4 is 39.6 Å². The molecule has 25 heavy (non-hydrogen) atoms. The van der Waals surface area contributed by atoms with Crippen molar-refractivity contribution in [1.82, 2.24) is 0 Å². The van der Waals surface area contributed by atoms with Gasteiger partial charge in [0.25, 0.3) is 0 Å². The van der Waals surface area contributed by atoms with Crippen LogP contribution in [0.15, 0.2) is 59.6 Å². The van der Waals surface area contributed by atoms with E-state index in [0.29, 0.717) is 21.9 Å². The van der Waals surface area contributed by atoms with Crippen LogP contribution < -0.4 is 4.74 Å². The maximum Gasteiger partial charge on any atom is 0.331 e. The van der Waals surface area contributed by atoms with Crippen molar-refractivity contribution < 1.29 is 14.3 Å². The number of ether oxygens (including phenoxy) is 2. The lowest BCUT2D eigenvalue weighted by Gasteiger charge is -2.11. The molecule has 2 aromatic rings. The number of rotatable bonds is 7. The number of aryl methyl sites for hydroxylation is 1. The Morgan fingerprint density at radius 2 is 2.00 bits per heavy atom. The van der Waals surface area contributed by atoms with Gasteiger partial charge in [-0.1, -0.05) is 54.1 Å². The summed E-state index contributed by atoms with van der Waals surface area (Å²) in [7, 11) is 0. The van der Waals surface area contributed by atoms with Crippen molar-refractivity contribution in [2.24, 2.45) is 0 Å². The Hall–Kier alpha value is -2.04. The topological polar surface area (TPSA) is 35.5 Å². The first-order valence-electron chi connectivity index (χ1n) is 7.62. The van der Waals surface area contributed by atoms with Crippen LogP contribution in [-0.2, 0) is 16.1 Å². The summed E-state index contributed by atoms with van der Waals surface area (Å²) in [6.07, 6.45) is 4.49. The van der Waals surface area contributed by atoms with Crippen LogP contribution in [0.4, 0.5) is 0 Å². The second-order valence-electron chi connectivity index (χ2n) is 5.34. The molecule has 0 unspecified atom stereocenters.